The monoisotopic (exact) mass is 674 g/mol. The number of benzene rings is 7. The van der Waals surface area contributed by atoms with Gasteiger partial charge in [-0.3, -0.25) is 4.99 Å². The predicted molar refractivity (Wildman–Crippen MR) is 215 cm³/mol. The molecule has 5 nitrogen and oxygen atoms in total. The van der Waals surface area contributed by atoms with Crippen LogP contribution in [0.4, 0.5) is 0 Å². The van der Waals surface area contributed by atoms with Gasteiger partial charge in [0.1, 0.15) is 17.0 Å². The van der Waals surface area contributed by atoms with Crippen molar-refractivity contribution in [1.29, 1.82) is 0 Å². The van der Waals surface area contributed by atoms with Gasteiger partial charge in [-0.2, -0.15) is 0 Å². The van der Waals surface area contributed by atoms with E-state index in [1.165, 1.54) is 20.9 Å². The van der Waals surface area contributed by atoms with Crippen molar-refractivity contribution < 1.29 is 4.42 Å². The summed E-state index contributed by atoms with van der Waals surface area (Å²) in [5.74, 6) is 0.446. The molecule has 10 aromatic rings. The van der Waals surface area contributed by atoms with Gasteiger partial charge >= 0.3 is 0 Å². The number of furan rings is 1. The van der Waals surface area contributed by atoms with Gasteiger partial charge in [-0.15, -0.1) is 11.3 Å². The molecular weight excluding hydrogens is 645 g/mol. The van der Waals surface area contributed by atoms with E-state index in [0.717, 1.165) is 65.4 Å². The number of rotatable bonds is 6. The van der Waals surface area contributed by atoms with Crippen molar-refractivity contribution in [1.82, 2.24) is 4.57 Å². The van der Waals surface area contributed by atoms with E-state index in [4.69, 9.17) is 20.1 Å². The molecule has 0 amide bonds. The second-order valence-electron chi connectivity index (χ2n) is 12.7. The van der Waals surface area contributed by atoms with E-state index >= 15 is 0 Å². The summed E-state index contributed by atoms with van der Waals surface area (Å²) in [6.07, 6.45) is 1.40. The summed E-state index contributed by atoms with van der Waals surface area (Å²) < 4.78 is 11.1. The molecule has 3 aromatic heterocycles. The number of fused-ring (bicyclic) bond motifs is 9. The number of amidine groups is 1. The number of nitrogens with two attached hydrogens (primary N) is 1. The topological polar surface area (TPSA) is 68.8 Å². The van der Waals surface area contributed by atoms with E-state index in [1.807, 2.05) is 54.7 Å². The van der Waals surface area contributed by atoms with Crippen LogP contribution in [0.15, 0.2) is 172 Å². The maximum absolute atomic E-state index is 6.72. The maximum Gasteiger partial charge on any atom is 0.168 e. The number of nitrogens with zero attached hydrogens (tertiary/aromatic N) is 3. The number of hydrogen-bond donors (Lipinski definition) is 1. The third-order valence-electron chi connectivity index (χ3n) is 9.75. The van der Waals surface area contributed by atoms with Crippen LogP contribution in [0.25, 0.3) is 69.6 Å². The molecule has 0 aliphatic rings. The molecule has 1 atom stereocenters. The van der Waals surface area contributed by atoms with Crippen LogP contribution in [0.5, 0.6) is 0 Å². The summed E-state index contributed by atoms with van der Waals surface area (Å²) >= 11 is 1.77. The average Bonchev–Trinajstić information content (AvgIpc) is 3.87. The minimum absolute atomic E-state index is 0.446. The zero-order valence-corrected chi connectivity index (χ0v) is 28.2. The van der Waals surface area contributed by atoms with E-state index in [0.29, 0.717) is 5.84 Å². The SMILES string of the molecule is NC(=NC(N=Cc1cccc2c3ccccc3n(-c3cccc4oc5ccccc5c34)c12)c1cccc2c1sc1ccccc12)c1ccccc1. The Bertz CT molecular complexity index is 3000. The molecule has 0 aliphatic carbocycles. The molecule has 0 saturated carbocycles. The summed E-state index contributed by atoms with van der Waals surface area (Å²) in [4.78, 5) is 10.4. The Kier molecular flexibility index (Phi) is 6.82. The van der Waals surface area contributed by atoms with Crippen LogP contribution in [0.1, 0.15) is 22.9 Å². The zero-order chi connectivity index (χ0) is 33.9. The first-order valence-corrected chi connectivity index (χ1v) is 17.8. The van der Waals surface area contributed by atoms with Gasteiger partial charge in [0.2, 0.25) is 0 Å². The van der Waals surface area contributed by atoms with E-state index < -0.39 is 6.17 Å². The fourth-order valence-electron chi connectivity index (χ4n) is 7.46. The second-order valence-corrected chi connectivity index (χ2v) is 13.8. The van der Waals surface area contributed by atoms with E-state index in [9.17, 15) is 0 Å². The van der Waals surface area contributed by atoms with Gasteiger partial charge in [0.05, 0.1) is 22.1 Å². The molecule has 2 N–H and O–H groups in total. The normalized spacial score (nSPS) is 13.1. The highest BCUT2D eigenvalue weighted by Gasteiger charge is 2.20. The van der Waals surface area contributed by atoms with E-state index in [1.54, 1.807) is 11.3 Å². The van der Waals surface area contributed by atoms with Crippen LogP contribution in [-0.2, 0) is 0 Å². The number of aliphatic imine (C=N–C) groups is 2. The standard InChI is InChI=1S/C45H30N4OS/c46-44(28-13-2-1-3-14-28)48-45(35-21-11-20-33-31-17-6-9-26-40(31)51-43(33)35)47-27-29-15-10-19-32-30-16-4-7-22-36(30)49(42(29)32)37-23-12-25-39-41(37)34-18-5-8-24-38(34)50-39/h1-27,45H,(H2,46,48). The zero-order valence-electron chi connectivity index (χ0n) is 27.4. The van der Waals surface area contributed by atoms with Crippen LogP contribution >= 0.6 is 11.3 Å². The highest BCUT2D eigenvalue weighted by atomic mass is 32.1. The number of para-hydroxylation sites is 3. The highest BCUT2D eigenvalue weighted by molar-refractivity contribution is 7.26. The Morgan fingerprint density at radius 2 is 1.31 bits per heavy atom. The summed E-state index contributed by atoms with van der Waals surface area (Å²) in [5, 5.41) is 6.92. The van der Waals surface area contributed by atoms with Gasteiger partial charge in [0, 0.05) is 59.2 Å². The fourth-order valence-corrected chi connectivity index (χ4v) is 8.70. The summed E-state index contributed by atoms with van der Waals surface area (Å²) in [6, 6.07) is 54.4. The third kappa shape index (κ3) is 4.76. The van der Waals surface area contributed by atoms with Crippen LogP contribution < -0.4 is 5.73 Å². The molecule has 6 heteroatoms. The molecule has 242 valence electrons. The smallest absolute Gasteiger partial charge is 0.168 e. The molecule has 0 aliphatic heterocycles. The van der Waals surface area contributed by atoms with Gasteiger partial charge in [-0.1, -0.05) is 127 Å². The Labute approximate surface area is 297 Å². The van der Waals surface area contributed by atoms with Gasteiger partial charge in [-0.25, -0.2) is 4.99 Å². The Hall–Kier alpha value is -6.50. The summed E-state index contributed by atoms with van der Waals surface area (Å²) in [7, 11) is 0. The Morgan fingerprint density at radius 3 is 2.22 bits per heavy atom. The molecule has 0 bridgehead atoms. The second kappa shape index (κ2) is 11.8. The van der Waals surface area contributed by atoms with Crippen LogP contribution in [0.2, 0.25) is 0 Å². The minimum atomic E-state index is -0.573. The minimum Gasteiger partial charge on any atom is -0.456 e. The molecule has 3 heterocycles. The largest absolute Gasteiger partial charge is 0.456 e. The van der Waals surface area contributed by atoms with Crippen molar-refractivity contribution in [3.8, 4) is 5.69 Å². The first-order chi connectivity index (χ1) is 25.2. The summed E-state index contributed by atoms with van der Waals surface area (Å²) in [5.41, 5.74) is 14.5. The first-order valence-electron chi connectivity index (χ1n) is 17.0. The number of aromatic nitrogens is 1. The van der Waals surface area contributed by atoms with Gasteiger partial charge in [0.15, 0.2) is 6.17 Å². The predicted octanol–water partition coefficient (Wildman–Crippen LogP) is 11.6. The first kappa shape index (κ1) is 29.4. The summed E-state index contributed by atoms with van der Waals surface area (Å²) in [6.45, 7) is 0. The number of thiophene rings is 1. The van der Waals surface area contributed by atoms with Gasteiger partial charge < -0.3 is 14.7 Å². The van der Waals surface area contributed by atoms with Crippen molar-refractivity contribution in [3.05, 3.63) is 174 Å². The van der Waals surface area contributed by atoms with Crippen LogP contribution in [0.3, 0.4) is 0 Å². The molecule has 0 saturated heterocycles. The lowest BCUT2D eigenvalue weighted by atomic mass is 10.1. The van der Waals surface area contributed by atoms with Gasteiger partial charge in [-0.05, 0) is 30.3 Å². The van der Waals surface area contributed by atoms with Crippen molar-refractivity contribution >= 4 is 87.3 Å². The molecule has 0 fully saturated rings. The highest BCUT2D eigenvalue weighted by Crippen LogP contribution is 2.41. The lowest BCUT2D eigenvalue weighted by Crippen LogP contribution is -2.15. The molecule has 1 unspecified atom stereocenters. The molecule has 51 heavy (non-hydrogen) atoms. The van der Waals surface area contributed by atoms with Crippen molar-refractivity contribution in [2.45, 2.75) is 6.17 Å². The van der Waals surface area contributed by atoms with Crippen molar-refractivity contribution in [2.75, 3.05) is 0 Å². The third-order valence-corrected chi connectivity index (χ3v) is 11.0. The van der Waals surface area contributed by atoms with Crippen molar-refractivity contribution in [2.24, 2.45) is 15.7 Å². The average molecular weight is 675 g/mol. The maximum atomic E-state index is 6.72. The van der Waals surface area contributed by atoms with Crippen LogP contribution in [0, 0.1) is 0 Å². The van der Waals surface area contributed by atoms with E-state index in [2.05, 4.69) is 114 Å². The van der Waals surface area contributed by atoms with Crippen molar-refractivity contribution in [3.63, 3.8) is 0 Å². The molecule has 10 rings (SSSR count). The molecule has 7 aromatic carbocycles. The van der Waals surface area contributed by atoms with E-state index in [-0.39, 0.29) is 0 Å². The molecule has 0 spiro atoms. The van der Waals surface area contributed by atoms with Crippen LogP contribution in [-0.4, -0.2) is 16.6 Å². The lowest BCUT2D eigenvalue weighted by molar-refractivity contribution is 0.669. The quantitative estimate of drug-likeness (QED) is 0.141. The Balaban J connectivity index is 1.22. The fraction of sp³-hybridized carbons (Fsp3) is 0.0222. The molecule has 0 radical (unpaired) electrons. The number of hydrogen-bond acceptors (Lipinski definition) is 4. The Morgan fingerprint density at radius 1 is 0.627 bits per heavy atom. The van der Waals surface area contributed by atoms with Gasteiger partial charge in [0.25, 0.3) is 0 Å². The lowest BCUT2D eigenvalue weighted by Gasteiger charge is -2.13. The molecular formula is C45H30N4OS.